The summed E-state index contributed by atoms with van der Waals surface area (Å²) in [6.07, 6.45) is 2.59. The normalized spacial score (nSPS) is 15.3. The molecule has 0 aliphatic heterocycles. The van der Waals surface area contributed by atoms with Gasteiger partial charge in [-0.05, 0) is 38.0 Å². The van der Waals surface area contributed by atoms with Crippen LogP contribution in [0, 0.1) is 11.6 Å². The van der Waals surface area contributed by atoms with Crippen LogP contribution in [0.25, 0.3) is 5.69 Å². The Kier molecular flexibility index (Phi) is 2.21. The van der Waals surface area contributed by atoms with Crippen LogP contribution in [-0.2, 0) is 0 Å². The first-order chi connectivity index (χ1) is 7.74. The Balaban J connectivity index is 2.05. The molecule has 1 N–H and O–H groups in total. The van der Waals surface area contributed by atoms with Gasteiger partial charge in [-0.2, -0.15) is 0 Å². The Labute approximate surface area is 99.9 Å². The minimum atomic E-state index is 0.716. The van der Waals surface area contributed by atoms with Gasteiger partial charge in [-0.3, -0.25) is 5.10 Å². The highest BCUT2D eigenvalue weighted by molar-refractivity contribution is 7.71. The molecule has 0 saturated heterocycles. The van der Waals surface area contributed by atoms with Crippen molar-refractivity contribution in [3.05, 3.63) is 46.2 Å². The number of rotatable bonds is 2. The van der Waals surface area contributed by atoms with E-state index in [0.717, 1.165) is 10.3 Å². The molecule has 16 heavy (non-hydrogen) atoms. The smallest absolute Gasteiger partial charge is 0.127 e. The number of nitrogens with one attached hydrogen (secondary N) is 1. The zero-order chi connectivity index (χ0) is 11.1. The molecule has 1 heterocycles. The standard InChI is InChI=1S/C13H14N2S/c1-9-2-6-11(7-3-9)15-13(16)8-12(14-15)10-4-5-10/h2-3,6-8,10,14H,4-5H2,1H3. The SMILES string of the molecule is Cc1ccc(-n2[nH]c(C3CC3)cc2=S)cc1. The molecule has 0 radical (unpaired) electrons. The third kappa shape index (κ3) is 1.71. The zero-order valence-corrected chi connectivity index (χ0v) is 10.1. The van der Waals surface area contributed by atoms with Gasteiger partial charge in [0.15, 0.2) is 0 Å². The van der Waals surface area contributed by atoms with Crippen molar-refractivity contribution in [1.29, 1.82) is 0 Å². The molecule has 1 aliphatic carbocycles. The van der Waals surface area contributed by atoms with E-state index in [4.69, 9.17) is 12.2 Å². The third-order valence-electron chi connectivity index (χ3n) is 3.05. The Hall–Kier alpha value is -1.35. The van der Waals surface area contributed by atoms with Crippen LogP contribution in [0.1, 0.15) is 30.0 Å². The van der Waals surface area contributed by atoms with Crippen LogP contribution in [0.2, 0.25) is 0 Å². The maximum atomic E-state index is 5.37. The molecule has 82 valence electrons. The number of aromatic nitrogens is 2. The van der Waals surface area contributed by atoms with Crippen LogP contribution in [0.4, 0.5) is 0 Å². The molecule has 1 fully saturated rings. The summed E-state index contributed by atoms with van der Waals surface area (Å²) in [6.45, 7) is 2.09. The molecule has 1 saturated carbocycles. The molecule has 2 aromatic rings. The summed E-state index contributed by atoms with van der Waals surface area (Å²) in [6, 6.07) is 10.5. The van der Waals surface area contributed by atoms with Gasteiger partial charge in [-0.15, -0.1) is 0 Å². The maximum absolute atomic E-state index is 5.37. The molecule has 1 aliphatic rings. The van der Waals surface area contributed by atoms with Crippen molar-refractivity contribution in [2.24, 2.45) is 0 Å². The van der Waals surface area contributed by atoms with Crippen molar-refractivity contribution < 1.29 is 0 Å². The number of hydrogen-bond donors (Lipinski definition) is 1. The van der Waals surface area contributed by atoms with Gasteiger partial charge in [0.05, 0.1) is 5.69 Å². The fourth-order valence-electron chi connectivity index (χ4n) is 1.90. The molecule has 0 spiro atoms. The van der Waals surface area contributed by atoms with E-state index in [1.165, 1.54) is 24.1 Å². The number of aryl methyl sites for hydroxylation is 1. The van der Waals surface area contributed by atoms with Crippen molar-refractivity contribution in [1.82, 2.24) is 9.78 Å². The first kappa shape index (κ1) is 9.85. The van der Waals surface area contributed by atoms with E-state index in [1.54, 1.807) is 0 Å². The molecule has 0 unspecified atom stereocenters. The molecule has 0 amide bonds. The Morgan fingerprint density at radius 3 is 2.56 bits per heavy atom. The predicted octanol–water partition coefficient (Wildman–Crippen LogP) is 3.72. The molecule has 0 bridgehead atoms. The van der Waals surface area contributed by atoms with Crippen molar-refractivity contribution in [3.8, 4) is 5.69 Å². The van der Waals surface area contributed by atoms with Gasteiger partial charge >= 0.3 is 0 Å². The van der Waals surface area contributed by atoms with Crippen LogP contribution in [0.3, 0.4) is 0 Å². The largest absolute Gasteiger partial charge is 0.297 e. The third-order valence-corrected chi connectivity index (χ3v) is 3.35. The second-order valence-electron chi connectivity index (χ2n) is 4.49. The second kappa shape index (κ2) is 3.59. The van der Waals surface area contributed by atoms with Crippen molar-refractivity contribution in [2.75, 3.05) is 0 Å². The van der Waals surface area contributed by atoms with Gasteiger partial charge in [-0.25, -0.2) is 4.68 Å². The molecule has 1 aromatic heterocycles. The van der Waals surface area contributed by atoms with E-state index in [1.807, 2.05) is 4.68 Å². The Morgan fingerprint density at radius 2 is 1.94 bits per heavy atom. The zero-order valence-electron chi connectivity index (χ0n) is 9.23. The lowest BCUT2D eigenvalue weighted by Gasteiger charge is -2.03. The lowest BCUT2D eigenvalue weighted by molar-refractivity contribution is 0.829. The molecule has 2 nitrogen and oxygen atoms in total. The van der Waals surface area contributed by atoms with Crippen molar-refractivity contribution >= 4 is 12.2 Å². The molecule has 3 heteroatoms. The summed E-state index contributed by atoms with van der Waals surface area (Å²) in [5.74, 6) is 0.716. The van der Waals surface area contributed by atoms with E-state index in [9.17, 15) is 0 Å². The van der Waals surface area contributed by atoms with Crippen molar-refractivity contribution in [3.63, 3.8) is 0 Å². The highest BCUT2D eigenvalue weighted by Crippen LogP contribution is 2.39. The minimum Gasteiger partial charge on any atom is -0.297 e. The van der Waals surface area contributed by atoms with E-state index < -0.39 is 0 Å². The number of hydrogen-bond acceptors (Lipinski definition) is 1. The number of aromatic amines is 1. The van der Waals surface area contributed by atoms with E-state index >= 15 is 0 Å². The van der Waals surface area contributed by atoms with Gasteiger partial charge in [0, 0.05) is 11.6 Å². The Morgan fingerprint density at radius 1 is 1.25 bits per heavy atom. The van der Waals surface area contributed by atoms with Gasteiger partial charge in [0.2, 0.25) is 0 Å². The van der Waals surface area contributed by atoms with E-state index in [-0.39, 0.29) is 0 Å². The van der Waals surface area contributed by atoms with Crippen LogP contribution in [0.5, 0.6) is 0 Å². The molecule has 0 atom stereocenters. The molecular weight excluding hydrogens is 216 g/mol. The number of benzene rings is 1. The fraction of sp³-hybridized carbons (Fsp3) is 0.308. The molecular formula is C13H14N2S. The average molecular weight is 230 g/mol. The summed E-state index contributed by atoms with van der Waals surface area (Å²) in [4.78, 5) is 0. The number of H-pyrrole nitrogens is 1. The quantitative estimate of drug-likeness (QED) is 0.780. The summed E-state index contributed by atoms with van der Waals surface area (Å²) in [5.41, 5.74) is 3.66. The van der Waals surface area contributed by atoms with Gasteiger partial charge in [0.1, 0.15) is 4.64 Å². The van der Waals surface area contributed by atoms with Crippen LogP contribution in [0.15, 0.2) is 30.3 Å². The highest BCUT2D eigenvalue weighted by Gasteiger charge is 2.25. The molecule has 1 aromatic carbocycles. The minimum absolute atomic E-state index is 0.716. The lowest BCUT2D eigenvalue weighted by Crippen LogP contribution is -1.96. The van der Waals surface area contributed by atoms with Crippen LogP contribution < -0.4 is 0 Å². The first-order valence-corrected chi connectivity index (χ1v) is 6.04. The van der Waals surface area contributed by atoms with Crippen LogP contribution >= 0.6 is 12.2 Å². The topological polar surface area (TPSA) is 20.7 Å². The van der Waals surface area contributed by atoms with Crippen molar-refractivity contribution in [2.45, 2.75) is 25.7 Å². The van der Waals surface area contributed by atoms with Gasteiger partial charge in [-0.1, -0.05) is 29.9 Å². The second-order valence-corrected chi connectivity index (χ2v) is 4.91. The summed E-state index contributed by atoms with van der Waals surface area (Å²) in [5, 5.41) is 3.39. The average Bonchev–Trinajstić information content (AvgIpc) is 3.04. The fourth-order valence-corrected chi connectivity index (χ4v) is 2.18. The lowest BCUT2D eigenvalue weighted by atomic mass is 10.2. The summed E-state index contributed by atoms with van der Waals surface area (Å²) in [7, 11) is 0. The van der Waals surface area contributed by atoms with Gasteiger partial charge < -0.3 is 0 Å². The monoisotopic (exact) mass is 230 g/mol. The number of nitrogens with zero attached hydrogens (tertiary/aromatic N) is 1. The van der Waals surface area contributed by atoms with Gasteiger partial charge in [0.25, 0.3) is 0 Å². The summed E-state index contributed by atoms with van der Waals surface area (Å²) < 4.78 is 2.85. The van der Waals surface area contributed by atoms with E-state index in [2.05, 4.69) is 42.4 Å². The van der Waals surface area contributed by atoms with E-state index in [0.29, 0.717) is 5.92 Å². The maximum Gasteiger partial charge on any atom is 0.127 e. The Bertz CT molecular complexity index is 558. The highest BCUT2D eigenvalue weighted by atomic mass is 32.1. The first-order valence-electron chi connectivity index (χ1n) is 5.63. The van der Waals surface area contributed by atoms with Crippen LogP contribution in [-0.4, -0.2) is 9.78 Å². The summed E-state index contributed by atoms with van der Waals surface area (Å²) >= 11 is 5.37. The molecule has 3 rings (SSSR count). The predicted molar refractivity (Wildman–Crippen MR) is 67.7 cm³/mol.